The zero-order valence-corrected chi connectivity index (χ0v) is 15.3. The van der Waals surface area contributed by atoms with E-state index >= 15 is 0 Å². The number of benzene rings is 2. The number of aromatic nitrogens is 2. The Hall–Kier alpha value is -2.99. The fourth-order valence-corrected chi connectivity index (χ4v) is 4.09. The zero-order valence-electron chi connectivity index (χ0n) is 15.3. The predicted octanol–water partition coefficient (Wildman–Crippen LogP) is 4.09. The van der Waals surface area contributed by atoms with E-state index in [0.717, 1.165) is 19.4 Å². The maximum Gasteiger partial charge on any atom is 0.228 e. The summed E-state index contributed by atoms with van der Waals surface area (Å²) in [6.45, 7) is 2.06. The van der Waals surface area contributed by atoms with E-state index in [0.29, 0.717) is 30.7 Å². The molecule has 1 fully saturated rings. The first-order valence-electron chi connectivity index (χ1n) is 9.46. The Labute approximate surface area is 162 Å². The van der Waals surface area contributed by atoms with Crippen molar-refractivity contribution in [3.05, 3.63) is 77.7 Å². The quantitative estimate of drug-likeness (QED) is 0.688. The highest BCUT2D eigenvalue weighted by Crippen LogP contribution is 2.42. The lowest BCUT2D eigenvalue weighted by Crippen LogP contribution is -2.49. The van der Waals surface area contributed by atoms with Crippen LogP contribution in [-0.4, -0.2) is 29.7 Å². The monoisotopic (exact) mass is 377 g/mol. The molecule has 2 heterocycles. The third kappa shape index (κ3) is 3.10. The van der Waals surface area contributed by atoms with Gasteiger partial charge in [-0.3, -0.25) is 0 Å². The molecule has 0 radical (unpaired) electrons. The van der Waals surface area contributed by atoms with Crippen LogP contribution in [0.25, 0.3) is 0 Å². The fourth-order valence-electron chi connectivity index (χ4n) is 4.09. The molecule has 2 aliphatic rings. The minimum Gasteiger partial charge on any atom is -0.439 e. The third-order valence-corrected chi connectivity index (χ3v) is 5.43. The zero-order chi connectivity index (χ0) is 19.0. The molecule has 0 N–H and O–H groups in total. The third-order valence-electron chi connectivity index (χ3n) is 5.43. The van der Waals surface area contributed by atoms with E-state index in [1.54, 1.807) is 24.4 Å². The molecular formula is C22H20FN3O2. The van der Waals surface area contributed by atoms with Crippen molar-refractivity contribution in [1.29, 1.82) is 0 Å². The second-order valence-corrected chi connectivity index (χ2v) is 7.17. The number of ether oxygens (including phenoxy) is 2. The van der Waals surface area contributed by atoms with Gasteiger partial charge in [-0.15, -0.1) is 0 Å². The summed E-state index contributed by atoms with van der Waals surface area (Å²) in [6, 6.07) is 16.1. The number of hydrogen-bond acceptors (Lipinski definition) is 5. The van der Waals surface area contributed by atoms with E-state index in [4.69, 9.17) is 9.47 Å². The van der Waals surface area contributed by atoms with E-state index in [1.807, 2.05) is 0 Å². The molecule has 0 bridgehead atoms. The molecule has 5 nitrogen and oxygen atoms in total. The first-order chi connectivity index (χ1) is 13.7. The summed E-state index contributed by atoms with van der Waals surface area (Å²) in [5, 5.41) is 0. The lowest BCUT2D eigenvalue weighted by atomic mass is 9.94. The van der Waals surface area contributed by atoms with E-state index in [1.165, 1.54) is 23.3 Å². The molecule has 0 saturated carbocycles. The fraction of sp³-hybridized carbons (Fsp3) is 0.273. The first-order valence-corrected chi connectivity index (χ1v) is 9.46. The minimum atomic E-state index is -0.300. The summed E-state index contributed by atoms with van der Waals surface area (Å²) in [4.78, 5) is 11.2. The van der Waals surface area contributed by atoms with Gasteiger partial charge in [-0.25, -0.2) is 9.37 Å². The molecule has 5 rings (SSSR count). The molecule has 1 aliphatic carbocycles. The molecular weight excluding hydrogens is 357 g/mol. The van der Waals surface area contributed by atoms with Gasteiger partial charge in [0.25, 0.3) is 0 Å². The largest absolute Gasteiger partial charge is 0.439 e. The lowest BCUT2D eigenvalue weighted by molar-refractivity contribution is -0.0596. The second-order valence-electron chi connectivity index (χ2n) is 7.17. The average Bonchev–Trinajstić information content (AvgIpc) is 3.08. The summed E-state index contributed by atoms with van der Waals surface area (Å²) in [6.07, 6.45) is 3.68. The Bertz CT molecular complexity index is 991. The van der Waals surface area contributed by atoms with E-state index in [2.05, 4.69) is 39.1 Å². The van der Waals surface area contributed by atoms with E-state index in [9.17, 15) is 4.39 Å². The highest BCUT2D eigenvalue weighted by Gasteiger charge is 2.43. The van der Waals surface area contributed by atoms with Gasteiger partial charge in [0.1, 0.15) is 17.2 Å². The van der Waals surface area contributed by atoms with Crippen LogP contribution in [0, 0.1) is 5.82 Å². The van der Waals surface area contributed by atoms with Crippen molar-refractivity contribution in [2.75, 3.05) is 24.6 Å². The summed E-state index contributed by atoms with van der Waals surface area (Å²) in [7, 11) is 0. The van der Waals surface area contributed by atoms with Crippen molar-refractivity contribution >= 4 is 5.95 Å². The van der Waals surface area contributed by atoms with E-state index in [-0.39, 0.29) is 11.4 Å². The number of hydrogen-bond donors (Lipinski definition) is 0. The van der Waals surface area contributed by atoms with Crippen LogP contribution in [0.4, 0.5) is 10.3 Å². The van der Waals surface area contributed by atoms with Gasteiger partial charge < -0.3 is 14.4 Å². The molecule has 1 atom stereocenters. The maximum absolute atomic E-state index is 13.1. The van der Waals surface area contributed by atoms with E-state index < -0.39 is 0 Å². The van der Waals surface area contributed by atoms with Crippen molar-refractivity contribution in [2.45, 2.75) is 18.4 Å². The number of morpholine rings is 1. The van der Waals surface area contributed by atoms with Gasteiger partial charge in [0.05, 0.1) is 13.2 Å². The van der Waals surface area contributed by atoms with Gasteiger partial charge in [0.15, 0.2) is 0 Å². The Morgan fingerprint density at radius 2 is 1.93 bits per heavy atom. The number of aryl methyl sites for hydroxylation is 1. The molecule has 1 aliphatic heterocycles. The molecule has 0 amide bonds. The number of rotatable bonds is 3. The van der Waals surface area contributed by atoms with Crippen LogP contribution >= 0.6 is 0 Å². The van der Waals surface area contributed by atoms with Crippen LogP contribution in [-0.2, 0) is 16.8 Å². The predicted molar refractivity (Wildman–Crippen MR) is 103 cm³/mol. The van der Waals surface area contributed by atoms with Gasteiger partial charge >= 0.3 is 0 Å². The summed E-state index contributed by atoms with van der Waals surface area (Å²) in [5.41, 5.74) is 2.34. The van der Waals surface area contributed by atoms with Crippen LogP contribution in [0.3, 0.4) is 0 Å². The summed E-state index contributed by atoms with van der Waals surface area (Å²) in [5.74, 6) is 1.29. The highest BCUT2D eigenvalue weighted by molar-refractivity contribution is 5.42. The number of fused-ring (bicyclic) bond motifs is 2. The molecule has 1 unspecified atom stereocenters. The Kier molecular flexibility index (Phi) is 4.20. The second kappa shape index (κ2) is 6.87. The van der Waals surface area contributed by atoms with Crippen LogP contribution in [0.1, 0.15) is 17.5 Å². The average molecular weight is 377 g/mol. The Morgan fingerprint density at radius 1 is 1.07 bits per heavy atom. The topological polar surface area (TPSA) is 47.5 Å². The SMILES string of the molecule is Fc1ccc(Oc2ccnc(N3CCOC4(CCc5ccccc54)C3)n2)cc1. The van der Waals surface area contributed by atoms with Crippen LogP contribution < -0.4 is 9.64 Å². The van der Waals surface area contributed by atoms with Gasteiger partial charge in [-0.05, 0) is 48.2 Å². The van der Waals surface area contributed by atoms with Gasteiger partial charge in [-0.1, -0.05) is 24.3 Å². The molecule has 2 aromatic carbocycles. The smallest absolute Gasteiger partial charge is 0.228 e. The molecule has 1 spiro atoms. The van der Waals surface area contributed by atoms with Crippen LogP contribution in [0.5, 0.6) is 11.6 Å². The number of anilines is 1. The van der Waals surface area contributed by atoms with Crippen molar-refractivity contribution < 1.29 is 13.9 Å². The van der Waals surface area contributed by atoms with Gasteiger partial charge in [0, 0.05) is 18.8 Å². The normalized spacial score (nSPS) is 21.0. The van der Waals surface area contributed by atoms with Crippen molar-refractivity contribution in [3.8, 4) is 11.6 Å². The molecule has 6 heteroatoms. The molecule has 1 saturated heterocycles. The van der Waals surface area contributed by atoms with Crippen LogP contribution in [0.15, 0.2) is 60.8 Å². The summed E-state index contributed by atoms with van der Waals surface area (Å²) < 4.78 is 25.1. The van der Waals surface area contributed by atoms with Crippen molar-refractivity contribution in [3.63, 3.8) is 0 Å². The first kappa shape index (κ1) is 17.1. The molecule has 1 aromatic heterocycles. The van der Waals surface area contributed by atoms with Crippen molar-refractivity contribution in [1.82, 2.24) is 9.97 Å². The Morgan fingerprint density at radius 3 is 2.82 bits per heavy atom. The number of halogens is 1. The van der Waals surface area contributed by atoms with Gasteiger partial charge in [0.2, 0.25) is 11.8 Å². The molecule has 3 aromatic rings. The highest BCUT2D eigenvalue weighted by atomic mass is 19.1. The molecule has 142 valence electrons. The van der Waals surface area contributed by atoms with Crippen LogP contribution in [0.2, 0.25) is 0 Å². The van der Waals surface area contributed by atoms with Crippen molar-refractivity contribution in [2.24, 2.45) is 0 Å². The van der Waals surface area contributed by atoms with Gasteiger partial charge in [-0.2, -0.15) is 4.98 Å². The Balaban J connectivity index is 1.38. The maximum atomic E-state index is 13.1. The summed E-state index contributed by atoms with van der Waals surface area (Å²) >= 11 is 0. The number of nitrogens with zero attached hydrogens (tertiary/aromatic N) is 3. The minimum absolute atomic E-state index is 0.300. The molecule has 28 heavy (non-hydrogen) atoms. The standard InChI is InChI=1S/C22H20FN3O2/c23-17-5-7-18(8-6-17)28-20-10-12-24-21(25-20)26-13-14-27-22(15-26)11-9-16-3-1-2-4-19(16)22/h1-8,10,12H,9,11,13-15H2. The lowest BCUT2D eigenvalue weighted by Gasteiger charge is -2.41.